The molecule has 0 saturated heterocycles. The van der Waals surface area contributed by atoms with Gasteiger partial charge in [-0.15, -0.1) is 20.4 Å². The zero-order valence-electron chi connectivity index (χ0n) is 18.3. The summed E-state index contributed by atoms with van der Waals surface area (Å²) in [5, 5.41) is 21.8. The highest BCUT2D eigenvalue weighted by atomic mass is 35.5. The molecule has 33 heavy (non-hydrogen) atoms. The van der Waals surface area contributed by atoms with Crippen LogP contribution in [0.15, 0.2) is 23.4 Å². The monoisotopic (exact) mass is 510 g/mol. The van der Waals surface area contributed by atoms with Crippen LogP contribution >= 0.6 is 34.7 Å². The lowest BCUT2D eigenvalue weighted by Gasteiger charge is -2.18. The summed E-state index contributed by atoms with van der Waals surface area (Å²) in [5.74, 6) is 0.907. The maximum absolute atomic E-state index is 13.2. The molecule has 176 valence electrons. The van der Waals surface area contributed by atoms with Crippen molar-refractivity contribution in [3.63, 3.8) is 0 Å². The van der Waals surface area contributed by atoms with E-state index in [9.17, 15) is 9.18 Å². The van der Waals surface area contributed by atoms with Crippen LogP contribution in [0.4, 0.5) is 9.52 Å². The third-order valence-corrected chi connectivity index (χ3v) is 7.72. The summed E-state index contributed by atoms with van der Waals surface area (Å²) >= 11 is 8.76. The van der Waals surface area contributed by atoms with Crippen molar-refractivity contribution < 1.29 is 13.9 Å². The lowest BCUT2D eigenvalue weighted by molar-refractivity contribution is -0.113. The van der Waals surface area contributed by atoms with Crippen LogP contribution in [0, 0.1) is 5.82 Å². The minimum absolute atomic E-state index is 0.156. The Morgan fingerprint density at radius 1 is 1.30 bits per heavy atom. The molecule has 0 bridgehead atoms. The molecular weight excluding hydrogens is 487 g/mol. The van der Waals surface area contributed by atoms with E-state index in [1.165, 1.54) is 60.6 Å². The molecule has 1 amide bonds. The fraction of sp³-hybridized carbons (Fsp3) is 0.476. The Bertz CT molecular complexity index is 1120. The molecule has 1 atom stereocenters. The smallest absolute Gasteiger partial charge is 0.236 e. The van der Waals surface area contributed by atoms with Crippen LogP contribution in [0.25, 0.3) is 0 Å². The number of benzene rings is 1. The van der Waals surface area contributed by atoms with Crippen molar-refractivity contribution in [2.24, 2.45) is 7.05 Å². The summed E-state index contributed by atoms with van der Waals surface area (Å²) in [6.07, 6.45) is 5.54. The van der Waals surface area contributed by atoms with Gasteiger partial charge in [0.15, 0.2) is 17.1 Å². The van der Waals surface area contributed by atoms with Crippen molar-refractivity contribution in [2.45, 2.75) is 56.2 Å². The molecule has 3 aromatic rings. The first-order chi connectivity index (χ1) is 15.9. The summed E-state index contributed by atoms with van der Waals surface area (Å²) in [4.78, 5) is 12.4. The summed E-state index contributed by atoms with van der Waals surface area (Å²) in [7, 11) is 1.79. The summed E-state index contributed by atoms with van der Waals surface area (Å²) in [6.45, 7) is 1.80. The highest BCUT2D eigenvalue weighted by Crippen LogP contribution is 2.35. The molecule has 1 aromatic carbocycles. The van der Waals surface area contributed by atoms with E-state index in [-0.39, 0.29) is 16.7 Å². The average Bonchev–Trinajstić information content (AvgIpc) is 3.41. The van der Waals surface area contributed by atoms with Crippen molar-refractivity contribution in [3.05, 3.63) is 39.9 Å². The first-order valence-electron chi connectivity index (χ1n) is 10.7. The van der Waals surface area contributed by atoms with E-state index in [2.05, 4.69) is 25.7 Å². The van der Waals surface area contributed by atoms with Crippen LogP contribution < -0.4 is 10.1 Å². The van der Waals surface area contributed by atoms with E-state index in [1.54, 1.807) is 18.5 Å². The molecule has 2 aromatic heterocycles. The second-order valence-corrected chi connectivity index (χ2v) is 10.2. The SMILES string of the molecule is CC(Oc1ccc(F)cc1Cl)c1nnc(SCC(=O)Nc2nnc(C3CCCCC3)s2)n1C. The van der Waals surface area contributed by atoms with E-state index in [0.29, 0.717) is 27.8 Å². The zero-order chi connectivity index (χ0) is 23.4. The maximum atomic E-state index is 13.2. The molecule has 8 nitrogen and oxygen atoms in total. The van der Waals surface area contributed by atoms with E-state index >= 15 is 0 Å². The van der Waals surface area contributed by atoms with Gasteiger partial charge in [0.25, 0.3) is 0 Å². The molecule has 1 unspecified atom stereocenters. The Morgan fingerprint density at radius 2 is 2.09 bits per heavy atom. The minimum atomic E-state index is -0.478. The number of rotatable bonds is 8. The van der Waals surface area contributed by atoms with Gasteiger partial charge >= 0.3 is 0 Å². The van der Waals surface area contributed by atoms with E-state index < -0.39 is 11.9 Å². The topological polar surface area (TPSA) is 94.8 Å². The molecule has 4 rings (SSSR count). The zero-order valence-corrected chi connectivity index (χ0v) is 20.6. The second-order valence-electron chi connectivity index (χ2n) is 7.85. The summed E-state index contributed by atoms with van der Waals surface area (Å²) < 4.78 is 20.8. The maximum Gasteiger partial charge on any atom is 0.236 e. The third-order valence-electron chi connectivity index (χ3n) is 5.40. The number of carbonyl (C=O) groups excluding carboxylic acids is 1. The molecule has 0 radical (unpaired) electrons. The Morgan fingerprint density at radius 3 is 2.85 bits per heavy atom. The molecular formula is C21H24ClFN6O2S2. The molecule has 0 aliphatic heterocycles. The van der Waals surface area contributed by atoms with Crippen LogP contribution in [0.3, 0.4) is 0 Å². The number of carbonyl (C=O) groups is 1. The largest absolute Gasteiger partial charge is 0.481 e. The normalized spacial score (nSPS) is 15.4. The standard InChI is InChI=1S/C21H24ClFN6O2S2/c1-12(31-16-9-8-14(23)10-15(16)22)18-25-28-21(29(18)2)32-11-17(30)24-20-27-26-19(33-20)13-6-4-3-5-7-13/h8-10,12-13H,3-7,11H2,1-2H3,(H,24,27,30). The van der Waals surface area contributed by atoms with Crippen LogP contribution in [-0.4, -0.2) is 36.6 Å². The van der Waals surface area contributed by atoms with Crippen LogP contribution in [0.2, 0.25) is 5.02 Å². The van der Waals surface area contributed by atoms with Crippen LogP contribution in [0.1, 0.15) is 61.9 Å². The average molecular weight is 511 g/mol. The Hall–Kier alpha value is -2.24. The first kappa shape index (κ1) is 23.9. The quantitative estimate of drug-likeness (QED) is 0.406. The number of nitrogens with zero attached hydrogens (tertiary/aromatic N) is 5. The van der Waals surface area contributed by atoms with Gasteiger partial charge in [-0.05, 0) is 38.0 Å². The van der Waals surface area contributed by atoms with Gasteiger partial charge in [-0.25, -0.2) is 4.39 Å². The molecule has 1 aliphatic rings. The number of amides is 1. The Labute approximate surface area is 204 Å². The van der Waals surface area contributed by atoms with Crippen molar-refractivity contribution in [1.82, 2.24) is 25.0 Å². The van der Waals surface area contributed by atoms with Gasteiger partial charge < -0.3 is 9.30 Å². The van der Waals surface area contributed by atoms with Crippen molar-refractivity contribution in [3.8, 4) is 5.75 Å². The predicted molar refractivity (Wildman–Crippen MR) is 127 cm³/mol. The number of halogens is 2. The van der Waals surface area contributed by atoms with E-state index in [4.69, 9.17) is 16.3 Å². The molecule has 0 spiro atoms. The van der Waals surface area contributed by atoms with Gasteiger partial charge in [-0.3, -0.25) is 10.1 Å². The van der Waals surface area contributed by atoms with Crippen molar-refractivity contribution >= 4 is 45.7 Å². The number of hydrogen-bond acceptors (Lipinski definition) is 8. The fourth-order valence-electron chi connectivity index (χ4n) is 3.70. The number of hydrogen-bond donors (Lipinski definition) is 1. The van der Waals surface area contributed by atoms with Crippen molar-refractivity contribution in [2.75, 3.05) is 11.1 Å². The number of aromatic nitrogens is 5. The van der Waals surface area contributed by atoms with Gasteiger partial charge in [0.05, 0.1) is 10.8 Å². The lowest BCUT2D eigenvalue weighted by Crippen LogP contribution is -2.14. The summed E-state index contributed by atoms with van der Waals surface area (Å²) in [5.41, 5.74) is 0. The number of nitrogens with one attached hydrogen (secondary N) is 1. The van der Waals surface area contributed by atoms with Crippen molar-refractivity contribution in [1.29, 1.82) is 0 Å². The molecule has 2 heterocycles. The molecule has 12 heteroatoms. The Kier molecular flexibility index (Phi) is 7.82. The number of ether oxygens (including phenoxy) is 1. The van der Waals surface area contributed by atoms with Gasteiger partial charge in [-0.2, -0.15) is 0 Å². The van der Waals surface area contributed by atoms with Gasteiger partial charge in [0, 0.05) is 13.0 Å². The molecule has 1 aliphatic carbocycles. The number of anilines is 1. The molecule has 1 saturated carbocycles. The summed E-state index contributed by atoms with van der Waals surface area (Å²) in [6, 6.07) is 3.94. The fourth-order valence-corrected chi connectivity index (χ4v) is 5.56. The highest BCUT2D eigenvalue weighted by molar-refractivity contribution is 7.99. The van der Waals surface area contributed by atoms with E-state index in [1.807, 2.05) is 0 Å². The third kappa shape index (κ3) is 6.01. The van der Waals surface area contributed by atoms with Gasteiger partial charge in [0.2, 0.25) is 11.0 Å². The van der Waals surface area contributed by atoms with Gasteiger partial charge in [0.1, 0.15) is 16.6 Å². The van der Waals surface area contributed by atoms with E-state index in [0.717, 1.165) is 17.8 Å². The number of thioether (sulfide) groups is 1. The Balaban J connectivity index is 1.31. The predicted octanol–water partition coefficient (Wildman–Crippen LogP) is 5.38. The lowest BCUT2D eigenvalue weighted by atomic mass is 9.90. The molecule has 1 N–H and O–H groups in total. The highest BCUT2D eigenvalue weighted by Gasteiger charge is 2.21. The second kappa shape index (κ2) is 10.8. The van der Waals surface area contributed by atoms with Crippen LogP contribution in [0.5, 0.6) is 5.75 Å². The minimum Gasteiger partial charge on any atom is -0.481 e. The first-order valence-corrected chi connectivity index (χ1v) is 12.9. The molecule has 1 fully saturated rings. The van der Waals surface area contributed by atoms with Gasteiger partial charge in [-0.1, -0.05) is 54.0 Å². The van der Waals surface area contributed by atoms with Crippen LogP contribution in [-0.2, 0) is 11.8 Å².